The summed E-state index contributed by atoms with van der Waals surface area (Å²) in [5.74, 6) is -0.578. The van der Waals surface area contributed by atoms with Gasteiger partial charge in [0.15, 0.2) is 0 Å². The van der Waals surface area contributed by atoms with Crippen LogP contribution in [0.4, 0.5) is 0 Å². The number of carbonyl (C=O) groups excluding carboxylic acids is 2. The molecule has 1 heterocycles. The first kappa shape index (κ1) is 30.7. The SMILES string of the molecule is CCCCCCCCCCCCOCCOCCOCCOCCOCCN1C(=O)C=CC1=O. The third kappa shape index (κ3) is 18.1. The smallest absolute Gasteiger partial charge is 0.253 e. The number of unbranched alkanes of at least 4 members (excludes halogenated alkanes) is 9. The van der Waals surface area contributed by atoms with Crippen molar-refractivity contribution >= 4 is 11.8 Å². The monoisotopic (exact) mass is 485 g/mol. The second kappa shape index (κ2) is 23.4. The molecular formula is C26H47NO7. The molecule has 0 aromatic rings. The Morgan fingerprint density at radius 1 is 0.500 bits per heavy atom. The summed E-state index contributed by atoms with van der Waals surface area (Å²) in [4.78, 5) is 23.9. The van der Waals surface area contributed by atoms with E-state index in [2.05, 4.69) is 6.92 Å². The first-order chi connectivity index (χ1) is 16.8. The van der Waals surface area contributed by atoms with Crippen molar-refractivity contribution in [3.8, 4) is 0 Å². The van der Waals surface area contributed by atoms with Crippen LogP contribution in [0.1, 0.15) is 71.1 Å². The van der Waals surface area contributed by atoms with Gasteiger partial charge in [0.05, 0.1) is 66.0 Å². The zero-order valence-corrected chi connectivity index (χ0v) is 21.3. The van der Waals surface area contributed by atoms with E-state index in [1.54, 1.807) is 0 Å². The zero-order valence-electron chi connectivity index (χ0n) is 21.3. The lowest BCUT2D eigenvalue weighted by atomic mass is 10.1. The summed E-state index contributed by atoms with van der Waals surface area (Å²) in [5.41, 5.74) is 0. The van der Waals surface area contributed by atoms with E-state index in [1.165, 1.54) is 69.9 Å². The van der Waals surface area contributed by atoms with E-state index < -0.39 is 0 Å². The lowest BCUT2D eigenvalue weighted by molar-refractivity contribution is -0.137. The Labute approximate surface area is 206 Å². The molecule has 0 unspecified atom stereocenters. The molecule has 1 aliphatic rings. The minimum absolute atomic E-state index is 0.262. The van der Waals surface area contributed by atoms with Gasteiger partial charge in [0.2, 0.25) is 0 Å². The van der Waals surface area contributed by atoms with E-state index in [9.17, 15) is 9.59 Å². The van der Waals surface area contributed by atoms with Crippen LogP contribution >= 0.6 is 0 Å². The minimum atomic E-state index is -0.289. The van der Waals surface area contributed by atoms with Gasteiger partial charge < -0.3 is 23.7 Å². The number of rotatable bonds is 26. The Balaban J connectivity index is 1.66. The number of amides is 2. The van der Waals surface area contributed by atoms with Gasteiger partial charge in [-0.3, -0.25) is 14.5 Å². The van der Waals surface area contributed by atoms with Crippen LogP contribution in [0.3, 0.4) is 0 Å². The van der Waals surface area contributed by atoms with E-state index in [4.69, 9.17) is 23.7 Å². The Kier molecular flexibility index (Phi) is 21.2. The van der Waals surface area contributed by atoms with Gasteiger partial charge >= 0.3 is 0 Å². The predicted octanol–water partition coefficient (Wildman–Crippen LogP) is 3.92. The highest BCUT2D eigenvalue weighted by Gasteiger charge is 2.22. The van der Waals surface area contributed by atoms with Crippen molar-refractivity contribution in [2.75, 3.05) is 72.6 Å². The Morgan fingerprint density at radius 3 is 1.29 bits per heavy atom. The van der Waals surface area contributed by atoms with Crippen molar-refractivity contribution < 1.29 is 33.3 Å². The van der Waals surface area contributed by atoms with Gasteiger partial charge in [0.25, 0.3) is 11.8 Å². The van der Waals surface area contributed by atoms with E-state index in [0.29, 0.717) is 59.5 Å². The second-order valence-electron chi connectivity index (χ2n) is 8.41. The molecular weight excluding hydrogens is 438 g/mol. The van der Waals surface area contributed by atoms with Crippen molar-refractivity contribution in [1.82, 2.24) is 4.90 Å². The van der Waals surface area contributed by atoms with Gasteiger partial charge in [0.1, 0.15) is 0 Å². The fourth-order valence-electron chi connectivity index (χ4n) is 3.48. The average molecular weight is 486 g/mol. The summed E-state index contributed by atoms with van der Waals surface area (Å²) in [6.07, 6.45) is 15.9. The topological polar surface area (TPSA) is 83.5 Å². The quantitative estimate of drug-likeness (QED) is 0.136. The van der Waals surface area contributed by atoms with Crippen LogP contribution in [0.5, 0.6) is 0 Å². The molecule has 0 radical (unpaired) electrons. The molecule has 0 aromatic heterocycles. The predicted molar refractivity (Wildman–Crippen MR) is 132 cm³/mol. The third-order valence-electron chi connectivity index (χ3n) is 5.49. The molecule has 198 valence electrons. The maximum absolute atomic E-state index is 11.4. The number of imide groups is 1. The number of ether oxygens (including phenoxy) is 5. The van der Waals surface area contributed by atoms with Gasteiger partial charge in [-0.25, -0.2) is 0 Å². The molecule has 1 rings (SSSR count). The van der Waals surface area contributed by atoms with Crippen LogP contribution < -0.4 is 0 Å². The minimum Gasteiger partial charge on any atom is -0.379 e. The number of hydrogen-bond acceptors (Lipinski definition) is 7. The first-order valence-corrected chi connectivity index (χ1v) is 13.2. The van der Waals surface area contributed by atoms with Crippen LogP contribution in [0.2, 0.25) is 0 Å². The molecule has 8 heteroatoms. The summed E-state index contributed by atoms with van der Waals surface area (Å²) in [6.45, 7) is 7.80. The third-order valence-corrected chi connectivity index (χ3v) is 5.49. The molecule has 2 amide bonds. The summed E-state index contributed by atoms with van der Waals surface area (Å²) in [7, 11) is 0. The molecule has 0 spiro atoms. The normalized spacial score (nSPS) is 13.5. The van der Waals surface area contributed by atoms with Crippen molar-refractivity contribution in [1.29, 1.82) is 0 Å². The lowest BCUT2D eigenvalue weighted by Gasteiger charge is -2.13. The molecule has 0 saturated carbocycles. The highest BCUT2D eigenvalue weighted by Crippen LogP contribution is 2.10. The molecule has 0 saturated heterocycles. The maximum Gasteiger partial charge on any atom is 0.253 e. The summed E-state index contributed by atoms with van der Waals surface area (Å²) >= 11 is 0. The number of nitrogens with zero attached hydrogens (tertiary/aromatic N) is 1. The number of carbonyl (C=O) groups is 2. The van der Waals surface area contributed by atoms with Gasteiger partial charge in [-0.15, -0.1) is 0 Å². The fourth-order valence-corrected chi connectivity index (χ4v) is 3.48. The first-order valence-electron chi connectivity index (χ1n) is 13.2. The second-order valence-corrected chi connectivity index (χ2v) is 8.41. The van der Waals surface area contributed by atoms with Crippen LogP contribution in [-0.2, 0) is 33.3 Å². The molecule has 0 aromatic carbocycles. The lowest BCUT2D eigenvalue weighted by Crippen LogP contribution is -2.33. The summed E-state index contributed by atoms with van der Waals surface area (Å²) < 4.78 is 27.3. The Hall–Kier alpha value is -1.32. The van der Waals surface area contributed by atoms with Gasteiger partial charge in [-0.05, 0) is 6.42 Å². The van der Waals surface area contributed by atoms with E-state index >= 15 is 0 Å². The van der Waals surface area contributed by atoms with Crippen molar-refractivity contribution in [3.63, 3.8) is 0 Å². The highest BCUT2D eigenvalue weighted by molar-refractivity contribution is 6.12. The number of hydrogen-bond donors (Lipinski definition) is 0. The molecule has 0 bridgehead atoms. The van der Waals surface area contributed by atoms with E-state index in [0.717, 1.165) is 17.9 Å². The molecule has 0 fully saturated rings. The molecule has 0 N–H and O–H groups in total. The fraction of sp³-hybridized carbons (Fsp3) is 0.846. The van der Waals surface area contributed by atoms with Crippen LogP contribution in [-0.4, -0.2) is 89.3 Å². The molecule has 0 atom stereocenters. The van der Waals surface area contributed by atoms with Gasteiger partial charge in [-0.2, -0.15) is 0 Å². The van der Waals surface area contributed by atoms with Crippen molar-refractivity contribution in [2.45, 2.75) is 71.1 Å². The largest absolute Gasteiger partial charge is 0.379 e. The maximum atomic E-state index is 11.4. The van der Waals surface area contributed by atoms with E-state index in [-0.39, 0.29) is 18.4 Å². The Morgan fingerprint density at radius 2 is 0.853 bits per heavy atom. The van der Waals surface area contributed by atoms with Crippen molar-refractivity contribution in [3.05, 3.63) is 12.2 Å². The average Bonchev–Trinajstić information content (AvgIpc) is 3.16. The van der Waals surface area contributed by atoms with Crippen LogP contribution in [0.25, 0.3) is 0 Å². The van der Waals surface area contributed by atoms with E-state index in [1.807, 2.05) is 0 Å². The zero-order chi connectivity index (χ0) is 24.5. The summed E-state index contributed by atoms with van der Waals surface area (Å²) in [5, 5.41) is 0. The standard InChI is InChI=1S/C26H47NO7/c1-2-3-4-5-6-7-8-9-10-11-15-30-17-19-32-21-23-34-24-22-33-20-18-31-16-14-27-25(28)12-13-26(27)29/h12-13H,2-11,14-24H2,1H3. The molecule has 8 nitrogen and oxygen atoms in total. The van der Waals surface area contributed by atoms with Crippen molar-refractivity contribution in [2.24, 2.45) is 0 Å². The Bertz CT molecular complexity index is 509. The highest BCUT2D eigenvalue weighted by atomic mass is 16.6. The molecule has 34 heavy (non-hydrogen) atoms. The van der Waals surface area contributed by atoms with Gasteiger partial charge in [0, 0.05) is 18.8 Å². The molecule has 0 aliphatic carbocycles. The van der Waals surface area contributed by atoms with Gasteiger partial charge in [-0.1, -0.05) is 64.7 Å². The molecule has 1 aliphatic heterocycles. The van der Waals surface area contributed by atoms with Crippen LogP contribution in [0.15, 0.2) is 12.2 Å². The summed E-state index contributed by atoms with van der Waals surface area (Å²) in [6, 6.07) is 0. The van der Waals surface area contributed by atoms with Crippen LogP contribution in [0, 0.1) is 0 Å².